The number of hydrogen-bond donors (Lipinski definition) is 1. The number of benzene rings is 1. The molecule has 110 valence electrons. The van der Waals surface area contributed by atoms with E-state index in [2.05, 4.69) is 23.6 Å². The van der Waals surface area contributed by atoms with Crippen molar-refractivity contribution in [1.82, 2.24) is 4.72 Å². The molecule has 20 heavy (non-hydrogen) atoms. The number of unbranched alkanes of at least 4 members (excludes halogenated alkanes) is 1. The fourth-order valence-corrected chi connectivity index (χ4v) is 3.70. The van der Waals surface area contributed by atoms with E-state index in [1.54, 1.807) is 12.1 Å². The molecule has 1 atom stereocenters. The van der Waals surface area contributed by atoms with E-state index in [1.165, 1.54) is 0 Å². The van der Waals surface area contributed by atoms with E-state index < -0.39 is 10.0 Å². The highest BCUT2D eigenvalue weighted by atomic mass is 32.2. The minimum Gasteiger partial charge on any atom is -0.264 e. The Hall–Kier alpha value is -1.36. The number of aliphatic imine (C=N–C) groups is 1. The maximum atomic E-state index is 12.0. The van der Waals surface area contributed by atoms with Gasteiger partial charge in [-0.15, -0.1) is 0 Å². The predicted molar refractivity (Wildman–Crippen MR) is 81.5 cm³/mol. The molecule has 0 bridgehead atoms. The summed E-state index contributed by atoms with van der Waals surface area (Å²) in [5.74, 6) is 0.509. The zero-order valence-electron chi connectivity index (χ0n) is 12.1. The van der Waals surface area contributed by atoms with Crippen molar-refractivity contribution in [2.45, 2.75) is 56.9 Å². The lowest BCUT2D eigenvalue weighted by Crippen LogP contribution is -2.24. The topological polar surface area (TPSA) is 58.5 Å². The Morgan fingerprint density at radius 2 is 1.90 bits per heavy atom. The fourth-order valence-electron chi connectivity index (χ4n) is 2.46. The Kier molecular flexibility index (Phi) is 4.81. The van der Waals surface area contributed by atoms with Gasteiger partial charge in [-0.3, -0.25) is 9.71 Å². The van der Waals surface area contributed by atoms with Crippen LogP contribution in [0.25, 0.3) is 0 Å². The number of fused-ring (bicyclic) bond motifs is 1. The Balaban J connectivity index is 2.30. The Morgan fingerprint density at radius 1 is 1.15 bits per heavy atom. The van der Waals surface area contributed by atoms with Gasteiger partial charge < -0.3 is 0 Å². The van der Waals surface area contributed by atoms with E-state index in [-0.39, 0.29) is 6.04 Å². The van der Waals surface area contributed by atoms with Crippen molar-refractivity contribution < 1.29 is 8.42 Å². The van der Waals surface area contributed by atoms with E-state index >= 15 is 0 Å². The van der Waals surface area contributed by atoms with Gasteiger partial charge in [-0.25, -0.2) is 8.42 Å². The molecule has 0 spiro atoms. The van der Waals surface area contributed by atoms with Crippen LogP contribution >= 0.6 is 0 Å². The second kappa shape index (κ2) is 6.39. The maximum Gasteiger partial charge on any atom is 0.263 e. The van der Waals surface area contributed by atoms with Gasteiger partial charge in [0.25, 0.3) is 10.0 Å². The van der Waals surface area contributed by atoms with E-state index in [1.807, 2.05) is 12.1 Å². The molecule has 1 aromatic rings. The lowest BCUT2D eigenvalue weighted by molar-refractivity contribution is 0.536. The summed E-state index contributed by atoms with van der Waals surface area (Å²) in [6, 6.07) is 7.22. The average molecular weight is 294 g/mol. The number of amidine groups is 1. The van der Waals surface area contributed by atoms with E-state index in [4.69, 9.17) is 0 Å². The molecule has 1 heterocycles. The highest BCUT2D eigenvalue weighted by Gasteiger charge is 2.30. The molecule has 0 fully saturated rings. The van der Waals surface area contributed by atoms with Crippen molar-refractivity contribution in [3.63, 3.8) is 0 Å². The lowest BCUT2D eigenvalue weighted by atomic mass is 10.1. The Bertz CT molecular complexity index is 594. The third kappa shape index (κ3) is 3.20. The van der Waals surface area contributed by atoms with Gasteiger partial charge in [0, 0.05) is 5.56 Å². The van der Waals surface area contributed by atoms with Crippen LogP contribution in [0, 0.1) is 0 Å². The first-order chi connectivity index (χ1) is 9.58. The van der Waals surface area contributed by atoms with Crippen molar-refractivity contribution in [1.29, 1.82) is 0 Å². The normalized spacial score (nSPS) is 19.6. The SMILES string of the molecule is CCCCC(CCC)N=C1NS(=O)(=O)c2ccccc21. The van der Waals surface area contributed by atoms with Crippen LogP contribution in [0.3, 0.4) is 0 Å². The molecule has 0 radical (unpaired) electrons. The summed E-state index contributed by atoms with van der Waals surface area (Å²) in [4.78, 5) is 5.00. The van der Waals surface area contributed by atoms with Gasteiger partial charge in [-0.2, -0.15) is 0 Å². The van der Waals surface area contributed by atoms with Crippen LogP contribution in [0.2, 0.25) is 0 Å². The van der Waals surface area contributed by atoms with Crippen molar-refractivity contribution in [3.05, 3.63) is 29.8 Å². The van der Waals surface area contributed by atoms with E-state index in [0.29, 0.717) is 16.3 Å². The highest BCUT2D eigenvalue weighted by molar-refractivity contribution is 7.90. The molecule has 1 N–H and O–H groups in total. The standard InChI is InChI=1S/C15H22N2O2S/c1-3-5-9-12(8-4-2)16-15-13-10-6-7-11-14(13)20(18,19)17-15/h6-7,10-12H,3-5,8-9H2,1-2H3,(H,16,17). The zero-order chi connectivity index (χ0) is 14.6. The van der Waals surface area contributed by atoms with Gasteiger partial charge in [0.1, 0.15) is 5.84 Å². The van der Waals surface area contributed by atoms with Crippen LogP contribution in [-0.4, -0.2) is 20.3 Å². The number of hydrogen-bond acceptors (Lipinski definition) is 3. The molecule has 2 rings (SSSR count). The number of sulfonamides is 1. The monoisotopic (exact) mass is 294 g/mol. The molecule has 4 nitrogen and oxygen atoms in total. The number of nitrogens with one attached hydrogen (secondary N) is 1. The molecule has 1 unspecified atom stereocenters. The molecule has 0 aromatic heterocycles. The van der Waals surface area contributed by atoms with Crippen LogP contribution in [0.4, 0.5) is 0 Å². The smallest absolute Gasteiger partial charge is 0.263 e. The van der Waals surface area contributed by atoms with Gasteiger partial charge in [-0.05, 0) is 25.0 Å². The summed E-state index contributed by atoms with van der Waals surface area (Å²) in [5, 5.41) is 0. The third-order valence-corrected chi connectivity index (χ3v) is 4.88. The maximum absolute atomic E-state index is 12.0. The fraction of sp³-hybridized carbons (Fsp3) is 0.533. The van der Waals surface area contributed by atoms with Crippen LogP contribution in [-0.2, 0) is 10.0 Å². The first-order valence-electron chi connectivity index (χ1n) is 7.28. The molecule has 1 aliphatic heterocycles. The summed E-state index contributed by atoms with van der Waals surface area (Å²) in [6.07, 6.45) is 5.31. The summed E-state index contributed by atoms with van der Waals surface area (Å²) in [6.45, 7) is 4.29. The average Bonchev–Trinajstić information content (AvgIpc) is 2.68. The Morgan fingerprint density at radius 3 is 2.60 bits per heavy atom. The van der Waals surface area contributed by atoms with Gasteiger partial charge in [0.15, 0.2) is 0 Å². The van der Waals surface area contributed by atoms with Crippen molar-refractivity contribution in [2.24, 2.45) is 4.99 Å². The molecule has 0 aliphatic carbocycles. The van der Waals surface area contributed by atoms with Crippen molar-refractivity contribution in [2.75, 3.05) is 0 Å². The molecule has 0 saturated heterocycles. The lowest BCUT2D eigenvalue weighted by Gasteiger charge is -2.12. The van der Waals surface area contributed by atoms with Crippen LogP contribution in [0.1, 0.15) is 51.5 Å². The van der Waals surface area contributed by atoms with Crippen molar-refractivity contribution >= 4 is 15.9 Å². The molecule has 0 saturated carbocycles. The molecule has 0 amide bonds. The molecular formula is C15H22N2O2S. The first kappa shape index (κ1) is 15.0. The first-order valence-corrected chi connectivity index (χ1v) is 8.76. The molecular weight excluding hydrogens is 272 g/mol. The quantitative estimate of drug-likeness (QED) is 0.876. The van der Waals surface area contributed by atoms with Gasteiger partial charge in [0.05, 0.1) is 10.9 Å². The van der Waals surface area contributed by atoms with Crippen LogP contribution in [0.5, 0.6) is 0 Å². The number of rotatable bonds is 6. The Labute approximate surface area is 121 Å². The minimum absolute atomic E-state index is 0.198. The van der Waals surface area contributed by atoms with Gasteiger partial charge in [-0.1, -0.05) is 45.2 Å². The summed E-state index contributed by atoms with van der Waals surface area (Å²) < 4.78 is 26.6. The second-order valence-electron chi connectivity index (χ2n) is 5.16. The second-order valence-corrected chi connectivity index (χ2v) is 6.81. The highest BCUT2D eigenvalue weighted by Crippen LogP contribution is 2.23. The minimum atomic E-state index is -3.42. The van der Waals surface area contributed by atoms with Gasteiger partial charge in [0.2, 0.25) is 0 Å². The van der Waals surface area contributed by atoms with Crippen LogP contribution < -0.4 is 4.72 Å². The van der Waals surface area contributed by atoms with Crippen LogP contribution in [0.15, 0.2) is 34.2 Å². The summed E-state index contributed by atoms with van der Waals surface area (Å²) >= 11 is 0. The van der Waals surface area contributed by atoms with E-state index in [9.17, 15) is 8.42 Å². The number of nitrogens with zero attached hydrogens (tertiary/aromatic N) is 1. The molecule has 1 aliphatic rings. The van der Waals surface area contributed by atoms with Gasteiger partial charge >= 0.3 is 0 Å². The largest absolute Gasteiger partial charge is 0.264 e. The molecule has 5 heteroatoms. The zero-order valence-corrected chi connectivity index (χ0v) is 12.9. The molecule has 1 aromatic carbocycles. The predicted octanol–water partition coefficient (Wildman–Crippen LogP) is 3.08. The van der Waals surface area contributed by atoms with E-state index in [0.717, 1.165) is 32.1 Å². The summed E-state index contributed by atoms with van der Waals surface area (Å²) in [7, 11) is -3.42. The third-order valence-electron chi connectivity index (χ3n) is 3.49. The van der Waals surface area contributed by atoms with Crippen molar-refractivity contribution in [3.8, 4) is 0 Å². The summed E-state index contributed by atoms with van der Waals surface area (Å²) in [5.41, 5.74) is 0.699.